The molecule has 1 aliphatic heterocycles. The lowest BCUT2D eigenvalue weighted by molar-refractivity contribution is -0.123. The normalized spacial score (nSPS) is 14.6. The quantitative estimate of drug-likeness (QED) is 0.343. The number of hydrogen-bond donors (Lipinski definition) is 0. The SMILES string of the molecule is CC1=NN(C(=O)c2ccccc2)C(=O)/C1=C/c1ccc(OCc2ccccc2F)c(Br)c1. The maximum atomic E-state index is 13.8. The second-order valence-corrected chi connectivity index (χ2v) is 7.96. The minimum Gasteiger partial charge on any atom is -0.488 e. The van der Waals surface area contributed by atoms with Gasteiger partial charge in [-0.15, -0.1) is 0 Å². The van der Waals surface area contributed by atoms with Crippen LogP contribution < -0.4 is 4.74 Å². The summed E-state index contributed by atoms with van der Waals surface area (Å²) in [6.07, 6.45) is 1.67. The van der Waals surface area contributed by atoms with E-state index in [4.69, 9.17) is 4.74 Å². The van der Waals surface area contributed by atoms with Crippen molar-refractivity contribution in [1.82, 2.24) is 5.01 Å². The number of imide groups is 1. The minimum absolute atomic E-state index is 0.0898. The number of ether oxygens (including phenoxy) is 1. The van der Waals surface area contributed by atoms with E-state index in [0.717, 1.165) is 10.6 Å². The topological polar surface area (TPSA) is 59.0 Å². The summed E-state index contributed by atoms with van der Waals surface area (Å²) in [6.45, 7) is 1.77. The summed E-state index contributed by atoms with van der Waals surface area (Å²) in [5, 5.41) is 5.03. The Kier molecular flexibility index (Phi) is 6.28. The fraction of sp³-hybridized carbons (Fsp3) is 0.0800. The largest absolute Gasteiger partial charge is 0.488 e. The van der Waals surface area contributed by atoms with Gasteiger partial charge in [0.1, 0.15) is 18.2 Å². The van der Waals surface area contributed by atoms with Crippen molar-refractivity contribution < 1.29 is 18.7 Å². The van der Waals surface area contributed by atoms with Gasteiger partial charge in [0.25, 0.3) is 11.8 Å². The molecule has 0 unspecified atom stereocenters. The molecule has 1 heterocycles. The fourth-order valence-corrected chi connectivity index (χ4v) is 3.70. The third-order valence-corrected chi connectivity index (χ3v) is 5.50. The average Bonchev–Trinajstić information content (AvgIpc) is 3.08. The Labute approximate surface area is 192 Å². The lowest BCUT2D eigenvalue weighted by Crippen LogP contribution is -2.29. The summed E-state index contributed by atoms with van der Waals surface area (Å²) in [6, 6.07) is 20.3. The first kappa shape index (κ1) is 21.6. The van der Waals surface area contributed by atoms with Crippen LogP contribution in [0.4, 0.5) is 4.39 Å². The Hall–Kier alpha value is -3.58. The predicted octanol–water partition coefficient (Wildman–Crippen LogP) is 5.61. The van der Waals surface area contributed by atoms with Gasteiger partial charge in [0.2, 0.25) is 0 Å². The highest BCUT2D eigenvalue weighted by molar-refractivity contribution is 9.10. The zero-order valence-corrected chi connectivity index (χ0v) is 18.7. The molecule has 0 spiro atoms. The van der Waals surface area contributed by atoms with E-state index < -0.39 is 11.8 Å². The highest BCUT2D eigenvalue weighted by atomic mass is 79.9. The Bertz CT molecular complexity index is 1260. The number of carbonyl (C=O) groups is 2. The molecule has 2 amide bonds. The summed E-state index contributed by atoms with van der Waals surface area (Å²) in [5.41, 5.74) is 2.36. The summed E-state index contributed by atoms with van der Waals surface area (Å²) in [4.78, 5) is 25.5. The number of halogens is 2. The molecule has 5 nitrogen and oxygen atoms in total. The molecule has 4 rings (SSSR count). The maximum absolute atomic E-state index is 13.8. The zero-order chi connectivity index (χ0) is 22.7. The molecule has 3 aromatic rings. The van der Waals surface area contributed by atoms with E-state index in [0.29, 0.717) is 32.6 Å². The highest BCUT2D eigenvalue weighted by Crippen LogP contribution is 2.29. The van der Waals surface area contributed by atoms with Crippen molar-refractivity contribution in [2.24, 2.45) is 5.10 Å². The Morgan fingerprint density at radius 1 is 1.09 bits per heavy atom. The van der Waals surface area contributed by atoms with Crippen LogP contribution in [0.1, 0.15) is 28.4 Å². The first-order valence-electron chi connectivity index (χ1n) is 9.81. The number of benzene rings is 3. The average molecular weight is 493 g/mol. The lowest BCUT2D eigenvalue weighted by atomic mass is 10.1. The molecule has 0 N–H and O–H groups in total. The Balaban J connectivity index is 1.51. The van der Waals surface area contributed by atoms with Crippen LogP contribution in [0.25, 0.3) is 6.08 Å². The molecule has 0 radical (unpaired) electrons. The molecule has 0 bridgehead atoms. The molecule has 0 fully saturated rings. The molecule has 0 saturated carbocycles. The van der Waals surface area contributed by atoms with Crippen molar-refractivity contribution in [1.29, 1.82) is 0 Å². The van der Waals surface area contributed by atoms with Gasteiger partial charge in [0, 0.05) is 11.1 Å². The van der Waals surface area contributed by atoms with Crippen LogP contribution in [0, 0.1) is 5.82 Å². The number of amides is 2. The van der Waals surface area contributed by atoms with E-state index in [-0.39, 0.29) is 12.4 Å². The van der Waals surface area contributed by atoms with Gasteiger partial charge in [0.15, 0.2) is 0 Å². The van der Waals surface area contributed by atoms with E-state index in [1.165, 1.54) is 6.07 Å². The van der Waals surface area contributed by atoms with E-state index >= 15 is 0 Å². The van der Waals surface area contributed by atoms with Crippen molar-refractivity contribution >= 4 is 39.5 Å². The molecular weight excluding hydrogens is 475 g/mol. The van der Waals surface area contributed by atoms with E-state index in [9.17, 15) is 14.0 Å². The molecule has 0 saturated heterocycles. The molecule has 1 aliphatic rings. The summed E-state index contributed by atoms with van der Waals surface area (Å²) in [7, 11) is 0. The molecule has 0 aliphatic carbocycles. The van der Waals surface area contributed by atoms with Crippen LogP contribution in [0.5, 0.6) is 5.75 Å². The number of nitrogens with zero attached hydrogens (tertiary/aromatic N) is 2. The van der Waals surface area contributed by atoms with E-state index in [2.05, 4.69) is 21.0 Å². The first-order chi connectivity index (χ1) is 15.4. The lowest BCUT2D eigenvalue weighted by Gasteiger charge is -2.10. The second kappa shape index (κ2) is 9.28. The van der Waals surface area contributed by atoms with Gasteiger partial charge >= 0.3 is 0 Å². The van der Waals surface area contributed by atoms with Gasteiger partial charge in [-0.1, -0.05) is 42.5 Å². The maximum Gasteiger partial charge on any atom is 0.283 e. The monoisotopic (exact) mass is 492 g/mol. The molecular formula is C25H18BrFN2O3. The highest BCUT2D eigenvalue weighted by Gasteiger charge is 2.32. The van der Waals surface area contributed by atoms with Gasteiger partial charge in [-0.25, -0.2) is 4.39 Å². The van der Waals surface area contributed by atoms with E-state index in [1.807, 2.05) is 0 Å². The molecule has 32 heavy (non-hydrogen) atoms. The minimum atomic E-state index is -0.479. The smallest absolute Gasteiger partial charge is 0.283 e. The molecule has 0 atom stereocenters. The van der Waals surface area contributed by atoms with Crippen LogP contribution in [0.3, 0.4) is 0 Å². The standard InChI is InChI=1S/C25H18BrFN2O3/c1-16-20(25(31)29(28-16)24(30)18-7-3-2-4-8-18)13-17-11-12-23(21(26)14-17)32-15-19-9-5-6-10-22(19)27/h2-14H,15H2,1H3/b20-13+. The van der Waals surface area contributed by atoms with Crippen molar-refractivity contribution in [3.8, 4) is 5.75 Å². The molecule has 160 valence electrons. The molecule has 3 aromatic carbocycles. The zero-order valence-electron chi connectivity index (χ0n) is 17.1. The van der Waals surface area contributed by atoms with Crippen LogP contribution in [-0.2, 0) is 11.4 Å². The van der Waals surface area contributed by atoms with Crippen LogP contribution in [-0.4, -0.2) is 22.5 Å². The van der Waals surface area contributed by atoms with Gasteiger partial charge in [-0.2, -0.15) is 10.1 Å². The van der Waals surface area contributed by atoms with Crippen molar-refractivity contribution in [3.05, 3.63) is 105 Å². The third-order valence-electron chi connectivity index (χ3n) is 4.88. The summed E-state index contributed by atoms with van der Waals surface area (Å²) in [5.74, 6) is -0.739. The molecule has 0 aromatic heterocycles. The Morgan fingerprint density at radius 2 is 1.81 bits per heavy atom. The number of rotatable bonds is 5. The van der Waals surface area contributed by atoms with Gasteiger partial charge in [-0.05, 0) is 64.8 Å². The first-order valence-corrected chi connectivity index (χ1v) is 10.6. The molecule has 7 heteroatoms. The Morgan fingerprint density at radius 3 is 2.53 bits per heavy atom. The van der Waals surface area contributed by atoms with Crippen LogP contribution >= 0.6 is 15.9 Å². The second-order valence-electron chi connectivity index (χ2n) is 7.10. The van der Waals surface area contributed by atoms with Crippen molar-refractivity contribution in [2.75, 3.05) is 0 Å². The van der Waals surface area contributed by atoms with Gasteiger partial charge < -0.3 is 4.74 Å². The van der Waals surface area contributed by atoms with Gasteiger partial charge in [-0.3, -0.25) is 9.59 Å². The number of hydrogen-bond acceptors (Lipinski definition) is 4. The van der Waals surface area contributed by atoms with Gasteiger partial charge in [0.05, 0.1) is 15.8 Å². The predicted molar refractivity (Wildman–Crippen MR) is 124 cm³/mol. The number of hydrazone groups is 1. The van der Waals surface area contributed by atoms with Crippen LogP contribution in [0.2, 0.25) is 0 Å². The summed E-state index contributed by atoms with van der Waals surface area (Å²) >= 11 is 3.46. The number of carbonyl (C=O) groups excluding carboxylic acids is 2. The van der Waals surface area contributed by atoms with E-state index in [1.54, 1.807) is 79.7 Å². The summed E-state index contributed by atoms with van der Waals surface area (Å²) < 4.78 is 20.2. The van der Waals surface area contributed by atoms with Crippen molar-refractivity contribution in [2.45, 2.75) is 13.5 Å². The third kappa shape index (κ3) is 4.53. The fourth-order valence-electron chi connectivity index (χ4n) is 3.19. The van der Waals surface area contributed by atoms with Crippen LogP contribution in [0.15, 0.2) is 87.9 Å². The van der Waals surface area contributed by atoms with Crippen molar-refractivity contribution in [3.63, 3.8) is 0 Å².